The molecule has 5 nitrogen and oxygen atoms in total. The molecule has 0 unspecified atom stereocenters. The molecule has 2 saturated carbocycles. The minimum absolute atomic E-state index is 0.0587. The summed E-state index contributed by atoms with van der Waals surface area (Å²) in [5.41, 5.74) is 2.76. The summed E-state index contributed by atoms with van der Waals surface area (Å²) < 4.78 is 36.5. The Morgan fingerprint density at radius 3 is 2.39 bits per heavy atom. The largest absolute Gasteiger partial charge is 0.494 e. The molecule has 2 aliphatic rings. The van der Waals surface area contributed by atoms with Crippen LogP contribution in [0.15, 0.2) is 42.5 Å². The lowest BCUT2D eigenvalue weighted by Gasteiger charge is -2.30. The summed E-state index contributed by atoms with van der Waals surface area (Å²) in [6, 6.07) is 12.8. The average Bonchev–Trinajstić information content (AvgIpc) is 3.05. The first-order valence-corrected chi connectivity index (χ1v) is 11.8. The zero-order chi connectivity index (χ0) is 22.9. The number of carbonyl (C=O) groups excluding carboxylic acids is 1. The number of benzene rings is 2. The number of hydrogen-bond acceptors (Lipinski definition) is 2. The highest BCUT2D eigenvalue weighted by Crippen LogP contribution is 2.46. The monoisotopic (exact) mass is 453 g/mol. The molecule has 5 rings (SSSR count). The predicted molar refractivity (Wildman–Crippen MR) is 126 cm³/mol. The number of carbonyl (C=O) groups is 1. The standard InChI is InChI=1S/C26H29F2N3O2/c1-2-33-20-13-14-21-22(15-20)31(19-7-4-8-19)24(23(21)25(27)28)16-9-11-18(12-10-16)30-26(32)29-17-5-3-6-17/h9-15,17,19,25H,2-8H2,1H3,(H2,29,30,32). The van der Waals surface area contributed by atoms with E-state index in [0.29, 0.717) is 29.1 Å². The van der Waals surface area contributed by atoms with Crippen molar-refractivity contribution in [2.45, 2.75) is 64.0 Å². The zero-order valence-electron chi connectivity index (χ0n) is 18.7. The second kappa shape index (κ2) is 9.04. The minimum Gasteiger partial charge on any atom is -0.494 e. The third-order valence-electron chi connectivity index (χ3n) is 6.84. The first kappa shape index (κ1) is 21.7. The number of nitrogens with one attached hydrogen (secondary N) is 2. The molecule has 2 aliphatic carbocycles. The van der Waals surface area contributed by atoms with E-state index >= 15 is 0 Å². The van der Waals surface area contributed by atoms with Crippen LogP contribution in [0.2, 0.25) is 0 Å². The van der Waals surface area contributed by atoms with Gasteiger partial charge < -0.3 is 19.9 Å². The highest BCUT2D eigenvalue weighted by molar-refractivity contribution is 5.94. The Morgan fingerprint density at radius 2 is 1.82 bits per heavy atom. The van der Waals surface area contributed by atoms with Gasteiger partial charge in [-0.3, -0.25) is 0 Å². The van der Waals surface area contributed by atoms with E-state index in [2.05, 4.69) is 15.2 Å². The van der Waals surface area contributed by atoms with Crippen LogP contribution in [0.1, 0.15) is 63.5 Å². The van der Waals surface area contributed by atoms with Crippen LogP contribution in [-0.4, -0.2) is 23.2 Å². The van der Waals surface area contributed by atoms with Gasteiger partial charge in [0.1, 0.15) is 5.75 Å². The van der Waals surface area contributed by atoms with Crippen LogP contribution < -0.4 is 15.4 Å². The van der Waals surface area contributed by atoms with E-state index in [1.165, 1.54) is 0 Å². The van der Waals surface area contributed by atoms with Gasteiger partial charge in [-0.25, -0.2) is 13.6 Å². The number of hydrogen-bond donors (Lipinski definition) is 2. The SMILES string of the molecule is CCOc1ccc2c(C(F)F)c(-c3ccc(NC(=O)NC4CCC4)cc3)n(C3CCC3)c2c1. The van der Waals surface area contributed by atoms with E-state index in [1.54, 1.807) is 24.3 Å². The molecule has 2 N–H and O–H groups in total. The Bertz CT molecular complexity index is 1150. The molecule has 2 aromatic carbocycles. The van der Waals surface area contributed by atoms with Crippen LogP contribution in [0.4, 0.5) is 19.3 Å². The van der Waals surface area contributed by atoms with Crippen LogP contribution in [-0.2, 0) is 0 Å². The van der Waals surface area contributed by atoms with E-state index in [-0.39, 0.29) is 23.7 Å². The summed E-state index contributed by atoms with van der Waals surface area (Å²) in [6.07, 6.45) is 3.61. The molecule has 0 bridgehead atoms. The Morgan fingerprint density at radius 1 is 1.09 bits per heavy atom. The maximum Gasteiger partial charge on any atom is 0.319 e. The van der Waals surface area contributed by atoms with Gasteiger partial charge in [-0.1, -0.05) is 12.1 Å². The van der Waals surface area contributed by atoms with Gasteiger partial charge in [-0.05, 0) is 75.3 Å². The van der Waals surface area contributed by atoms with Crippen molar-refractivity contribution < 1.29 is 18.3 Å². The van der Waals surface area contributed by atoms with Gasteiger partial charge in [0.2, 0.25) is 0 Å². The van der Waals surface area contributed by atoms with Gasteiger partial charge in [0.15, 0.2) is 0 Å². The molecule has 1 heterocycles. The lowest BCUT2D eigenvalue weighted by atomic mass is 9.92. The third-order valence-corrected chi connectivity index (χ3v) is 6.84. The quantitative estimate of drug-likeness (QED) is 0.403. The van der Waals surface area contributed by atoms with Crippen molar-refractivity contribution in [2.24, 2.45) is 0 Å². The van der Waals surface area contributed by atoms with Gasteiger partial charge in [0.05, 0.1) is 23.4 Å². The van der Waals surface area contributed by atoms with Crippen LogP contribution in [0.5, 0.6) is 5.75 Å². The number of anilines is 1. The molecule has 2 fully saturated rings. The van der Waals surface area contributed by atoms with Crippen molar-refractivity contribution in [3.8, 4) is 17.0 Å². The van der Waals surface area contributed by atoms with Crippen molar-refractivity contribution in [1.82, 2.24) is 9.88 Å². The topological polar surface area (TPSA) is 55.3 Å². The number of aromatic nitrogens is 1. The molecule has 7 heteroatoms. The Balaban J connectivity index is 1.53. The van der Waals surface area contributed by atoms with Crippen molar-refractivity contribution in [3.05, 3.63) is 48.0 Å². The summed E-state index contributed by atoms with van der Waals surface area (Å²) in [7, 11) is 0. The third kappa shape index (κ3) is 4.16. The molecule has 33 heavy (non-hydrogen) atoms. The molecule has 0 aliphatic heterocycles. The van der Waals surface area contributed by atoms with E-state index in [4.69, 9.17) is 4.74 Å². The summed E-state index contributed by atoms with van der Waals surface area (Å²) in [5.74, 6) is 0.687. The maximum atomic E-state index is 14.4. The average molecular weight is 454 g/mol. The molecule has 2 amide bonds. The first-order valence-electron chi connectivity index (χ1n) is 11.8. The van der Waals surface area contributed by atoms with E-state index in [1.807, 2.05) is 25.1 Å². The Hall–Kier alpha value is -3.09. The molecule has 0 atom stereocenters. The van der Waals surface area contributed by atoms with Crippen molar-refractivity contribution >= 4 is 22.6 Å². The van der Waals surface area contributed by atoms with Gasteiger partial charge in [0, 0.05) is 29.2 Å². The number of ether oxygens (including phenoxy) is 1. The molecule has 0 spiro atoms. The fourth-order valence-corrected chi connectivity index (χ4v) is 4.73. The number of urea groups is 1. The van der Waals surface area contributed by atoms with Crippen LogP contribution >= 0.6 is 0 Å². The lowest BCUT2D eigenvalue weighted by molar-refractivity contribution is 0.153. The summed E-state index contributed by atoms with van der Waals surface area (Å²) in [4.78, 5) is 12.2. The number of alkyl halides is 2. The Labute approximate surface area is 192 Å². The second-order valence-electron chi connectivity index (χ2n) is 8.93. The molecule has 0 radical (unpaired) electrons. The maximum absolute atomic E-state index is 14.4. The van der Waals surface area contributed by atoms with Gasteiger partial charge in [-0.2, -0.15) is 0 Å². The highest BCUT2D eigenvalue weighted by atomic mass is 19.3. The molecule has 3 aromatic rings. The normalized spacial score (nSPS) is 16.5. The summed E-state index contributed by atoms with van der Waals surface area (Å²) in [6.45, 7) is 2.43. The van der Waals surface area contributed by atoms with Gasteiger partial charge in [-0.15, -0.1) is 0 Å². The van der Waals surface area contributed by atoms with Crippen LogP contribution in [0, 0.1) is 0 Å². The van der Waals surface area contributed by atoms with Gasteiger partial charge in [0.25, 0.3) is 6.43 Å². The summed E-state index contributed by atoms with van der Waals surface area (Å²) >= 11 is 0. The first-order chi connectivity index (χ1) is 16.0. The number of amides is 2. The number of fused-ring (bicyclic) bond motifs is 1. The molecular formula is C26H29F2N3O2. The number of halogens is 2. The van der Waals surface area contributed by atoms with E-state index in [9.17, 15) is 13.6 Å². The van der Waals surface area contributed by atoms with Gasteiger partial charge >= 0.3 is 6.03 Å². The molecular weight excluding hydrogens is 424 g/mol. The summed E-state index contributed by atoms with van der Waals surface area (Å²) in [5, 5.41) is 6.35. The number of nitrogens with zero attached hydrogens (tertiary/aromatic N) is 1. The number of rotatable bonds is 7. The Kier molecular flexibility index (Phi) is 5.96. The predicted octanol–water partition coefficient (Wildman–Crippen LogP) is 7.04. The fraction of sp³-hybridized carbons (Fsp3) is 0.423. The smallest absolute Gasteiger partial charge is 0.319 e. The van der Waals surface area contributed by atoms with E-state index in [0.717, 1.165) is 49.6 Å². The molecule has 1 aromatic heterocycles. The molecule has 174 valence electrons. The van der Waals surface area contributed by atoms with Crippen molar-refractivity contribution in [2.75, 3.05) is 11.9 Å². The fourth-order valence-electron chi connectivity index (χ4n) is 4.73. The second-order valence-corrected chi connectivity index (χ2v) is 8.93. The zero-order valence-corrected chi connectivity index (χ0v) is 18.7. The lowest BCUT2D eigenvalue weighted by Crippen LogP contribution is -2.41. The van der Waals surface area contributed by atoms with E-state index < -0.39 is 6.43 Å². The minimum atomic E-state index is -2.60. The van der Waals surface area contributed by atoms with Crippen molar-refractivity contribution in [3.63, 3.8) is 0 Å². The van der Waals surface area contributed by atoms with Crippen LogP contribution in [0.3, 0.4) is 0 Å². The highest BCUT2D eigenvalue weighted by Gasteiger charge is 2.31. The van der Waals surface area contributed by atoms with Crippen molar-refractivity contribution in [1.29, 1.82) is 0 Å². The van der Waals surface area contributed by atoms with Crippen LogP contribution in [0.25, 0.3) is 22.2 Å². The molecule has 0 saturated heterocycles.